The van der Waals surface area contributed by atoms with Gasteiger partial charge in [-0.1, -0.05) is 42.5 Å². The van der Waals surface area contributed by atoms with Crippen LogP contribution in [0.15, 0.2) is 82.8 Å². The van der Waals surface area contributed by atoms with Crippen molar-refractivity contribution in [1.29, 1.82) is 5.26 Å². The van der Waals surface area contributed by atoms with Gasteiger partial charge in [-0.3, -0.25) is 14.9 Å². The zero-order valence-electron chi connectivity index (χ0n) is 18.3. The first kappa shape index (κ1) is 25.1. The highest BCUT2D eigenvalue weighted by atomic mass is 79.9. The number of ether oxygens (including phenoxy) is 2. The molecule has 9 nitrogen and oxygen atoms in total. The molecule has 10 heteroatoms. The molecule has 0 aliphatic carbocycles. The molecule has 1 amide bonds. The van der Waals surface area contributed by atoms with E-state index in [2.05, 4.69) is 21.2 Å². The third-order valence-corrected chi connectivity index (χ3v) is 5.41. The predicted octanol–water partition coefficient (Wildman–Crippen LogP) is 5.20. The number of carbonyl (C=O) groups excluding carboxylic acids is 2. The van der Waals surface area contributed by atoms with Crippen molar-refractivity contribution >= 4 is 45.3 Å². The first-order chi connectivity index (χ1) is 16.8. The molecule has 0 aromatic heterocycles. The third-order valence-electron chi connectivity index (χ3n) is 4.75. The number of esters is 1. The number of halogens is 1. The van der Waals surface area contributed by atoms with E-state index >= 15 is 0 Å². The van der Waals surface area contributed by atoms with E-state index in [0.29, 0.717) is 16.9 Å². The van der Waals surface area contributed by atoms with Crippen molar-refractivity contribution in [3.63, 3.8) is 0 Å². The van der Waals surface area contributed by atoms with Crippen molar-refractivity contribution in [2.75, 3.05) is 12.4 Å². The molecule has 0 radical (unpaired) electrons. The lowest BCUT2D eigenvalue weighted by atomic mass is 10.1. The lowest BCUT2D eigenvalue weighted by Crippen LogP contribution is -2.26. The molecular formula is C25H18BrN3O6. The number of nitriles is 1. The first-order valence-corrected chi connectivity index (χ1v) is 10.9. The summed E-state index contributed by atoms with van der Waals surface area (Å²) in [6, 6.07) is 20.6. The molecule has 35 heavy (non-hydrogen) atoms. The molecule has 0 heterocycles. The number of non-ortho nitro benzene ring substituents is 1. The molecule has 3 aromatic rings. The van der Waals surface area contributed by atoms with Crippen LogP contribution < -0.4 is 10.1 Å². The molecule has 1 atom stereocenters. The highest BCUT2D eigenvalue weighted by molar-refractivity contribution is 9.10. The Morgan fingerprint density at radius 2 is 1.80 bits per heavy atom. The van der Waals surface area contributed by atoms with Crippen LogP contribution in [-0.4, -0.2) is 23.9 Å². The van der Waals surface area contributed by atoms with Gasteiger partial charge in [0.2, 0.25) is 6.10 Å². The van der Waals surface area contributed by atoms with E-state index in [1.54, 1.807) is 60.7 Å². The van der Waals surface area contributed by atoms with Gasteiger partial charge in [-0.2, -0.15) is 5.26 Å². The van der Waals surface area contributed by atoms with E-state index in [4.69, 9.17) is 9.47 Å². The molecule has 0 aliphatic rings. The highest BCUT2D eigenvalue weighted by Gasteiger charge is 2.27. The van der Waals surface area contributed by atoms with Crippen LogP contribution in [0.2, 0.25) is 0 Å². The van der Waals surface area contributed by atoms with Gasteiger partial charge in [-0.05, 0) is 45.8 Å². The number of hydrogen-bond donors (Lipinski definition) is 1. The molecule has 1 unspecified atom stereocenters. The summed E-state index contributed by atoms with van der Waals surface area (Å²) in [4.78, 5) is 36.3. The van der Waals surface area contributed by atoms with Crippen molar-refractivity contribution in [2.45, 2.75) is 6.10 Å². The van der Waals surface area contributed by atoms with E-state index in [1.807, 2.05) is 0 Å². The Labute approximate surface area is 208 Å². The van der Waals surface area contributed by atoms with Crippen molar-refractivity contribution in [3.05, 3.63) is 104 Å². The summed E-state index contributed by atoms with van der Waals surface area (Å²) in [6.45, 7) is 0. The molecule has 3 aromatic carbocycles. The van der Waals surface area contributed by atoms with E-state index in [9.17, 15) is 25.0 Å². The van der Waals surface area contributed by atoms with E-state index in [1.165, 1.54) is 31.4 Å². The van der Waals surface area contributed by atoms with Crippen LogP contribution in [-0.2, 0) is 14.3 Å². The molecule has 0 aliphatic heterocycles. The van der Waals surface area contributed by atoms with Gasteiger partial charge >= 0.3 is 5.97 Å². The molecular weight excluding hydrogens is 518 g/mol. The number of nitrogens with one attached hydrogen (secondary N) is 1. The highest BCUT2D eigenvalue weighted by Crippen LogP contribution is 2.29. The van der Waals surface area contributed by atoms with Crippen LogP contribution in [0.4, 0.5) is 11.4 Å². The van der Waals surface area contributed by atoms with Crippen LogP contribution in [0.3, 0.4) is 0 Å². The van der Waals surface area contributed by atoms with Crippen molar-refractivity contribution in [1.82, 2.24) is 0 Å². The second kappa shape index (κ2) is 11.6. The third kappa shape index (κ3) is 6.52. The molecule has 3 rings (SSSR count). The van der Waals surface area contributed by atoms with Crippen LogP contribution in [0, 0.1) is 21.4 Å². The zero-order chi connectivity index (χ0) is 25.4. The molecule has 0 saturated carbocycles. The number of amides is 1. The molecule has 176 valence electrons. The quantitative estimate of drug-likeness (QED) is 0.138. The predicted molar refractivity (Wildman–Crippen MR) is 131 cm³/mol. The Balaban J connectivity index is 1.86. The van der Waals surface area contributed by atoms with E-state index in [-0.39, 0.29) is 21.4 Å². The number of benzene rings is 3. The fourth-order valence-corrected chi connectivity index (χ4v) is 3.46. The SMILES string of the molecule is COc1ccc(/C=C(\C#N)C(=O)OC(C(=O)Nc2ccc([N+](=O)[O-])cc2Br)c2ccccc2)cc1. The Morgan fingerprint density at radius 1 is 1.11 bits per heavy atom. The maximum atomic E-state index is 13.1. The summed E-state index contributed by atoms with van der Waals surface area (Å²) in [6.07, 6.45) is -0.0484. The summed E-state index contributed by atoms with van der Waals surface area (Å²) in [5.41, 5.74) is 0.712. The Morgan fingerprint density at radius 3 is 2.37 bits per heavy atom. The van der Waals surface area contributed by atoms with Crippen LogP contribution in [0.1, 0.15) is 17.2 Å². The average Bonchev–Trinajstić information content (AvgIpc) is 2.87. The number of nitro groups is 1. The number of methoxy groups -OCH3 is 1. The minimum Gasteiger partial charge on any atom is -0.497 e. The molecule has 0 spiro atoms. The molecule has 1 N–H and O–H groups in total. The second-order valence-electron chi connectivity index (χ2n) is 7.05. The topological polar surface area (TPSA) is 132 Å². The number of rotatable bonds is 8. The van der Waals surface area contributed by atoms with Gasteiger partial charge in [-0.25, -0.2) is 4.79 Å². The number of anilines is 1. The summed E-state index contributed by atoms with van der Waals surface area (Å²) in [5, 5.41) is 23.1. The standard InChI is InChI=1S/C25H18BrN3O6/c1-34-20-10-7-16(8-11-20)13-18(15-27)25(31)35-23(17-5-3-2-4-6-17)24(30)28-22-12-9-19(29(32)33)14-21(22)26/h2-14,23H,1H3,(H,28,30)/b18-13+. The lowest BCUT2D eigenvalue weighted by Gasteiger charge is -2.18. The number of nitrogens with zero attached hydrogens (tertiary/aromatic N) is 2. The van der Waals surface area contributed by atoms with Crippen molar-refractivity contribution < 1.29 is 24.0 Å². The number of carbonyl (C=O) groups is 2. The Kier molecular flexibility index (Phi) is 8.32. The van der Waals surface area contributed by atoms with Gasteiger partial charge in [0.1, 0.15) is 17.4 Å². The van der Waals surface area contributed by atoms with E-state index < -0.39 is 22.9 Å². The Bertz CT molecular complexity index is 1320. The van der Waals surface area contributed by atoms with Gasteiger partial charge in [0, 0.05) is 22.2 Å². The normalized spacial score (nSPS) is 11.6. The lowest BCUT2D eigenvalue weighted by molar-refractivity contribution is -0.384. The zero-order valence-corrected chi connectivity index (χ0v) is 19.9. The van der Waals surface area contributed by atoms with Crippen LogP contribution >= 0.6 is 15.9 Å². The van der Waals surface area contributed by atoms with Crippen LogP contribution in [0.5, 0.6) is 5.75 Å². The van der Waals surface area contributed by atoms with Gasteiger partial charge in [0.15, 0.2) is 0 Å². The molecule has 0 bridgehead atoms. The fourth-order valence-electron chi connectivity index (χ4n) is 2.99. The van der Waals surface area contributed by atoms with Crippen molar-refractivity contribution in [2.24, 2.45) is 0 Å². The summed E-state index contributed by atoms with van der Waals surface area (Å²) in [7, 11) is 1.52. The van der Waals surface area contributed by atoms with Gasteiger partial charge in [-0.15, -0.1) is 0 Å². The summed E-state index contributed by atoms with van der Waals surface area (Å²) >= 11 is 3.19. The monoisotopic (exact) mass is 535 g/mol. The maximum absolute atomic E-state index is 13.1. The smallest absolute Gasteiger partial charge is 0.350 e. The van der Waals surface area contributed by atoms with Crippen LogP contribution in [0.25, 0.3) is 6.08 Å². The van der Waals surface area contributed by atoms with Gasteiger partial charge < -0.3 is 14.8 Å². The fraction of sp³-hybridized carbons (Fsp3) is 0.0800. The second-order valence-corrected chi connectivity index (χ2v) is 7.90. The van der Waals surface area contributed by atoms with Crippen molar-refractivity contribution in [3.8, 4) is 11.8 Å². The first-order valence-electron chi connectivity index (χ1n) is 10.1. The summed E-state index contributed by atoms with van der Waals surface area (Å²) in [5.74, 6) is -1.09. The average molecular weight is 536 g/mol. The van der Waals surface area contributed by atoms with Gasteiger partial charge in [0.25, 0.3) is 11.6 Å². The number of nitro benzene ring substituents is 1. The van der Waals surface area contributed by atoms with Gasteiger partial charge in [0.05, 0.1) is 17.7 Å². The minimum absolute atomic E-state index is 0.164. The van der Waals surface area contributed by atoms with E-state index in [0.717, 1.165) is 0 Å². The maximum Gasteiger partial charge on any atom is 0.350 e. The summed E-state index contributed by atoms with van der Waals surface area (Å²) < 4.78 is 10.8. The molecule has 0 fully saturated rings. The Hall–Kier alpha value is -4.49. The molecule has 0 saturated heterocycles. The largest absolute Gasteiger partial charge is 0.497 e. The number of hydrogen-bond acceptors (Lipinski definition) is 7. The minimum atomic E-state index is -1.39.